The van der Waals surface area contributed by atoms with Crippen LogP contribution in [-0.2, 0) is 9.59 Å². The fourth-order valence-electron chi connectivity index (χ4n) is 2.59. The Morgan fingerprint density at radius 2 is 2.18 bits per heavy atom. The van der Waals surface area contributed by atoms with E-state index in [4.69, 9.17) is 5.11 Å². The Bertz CT molecular complexity index is 544. The fraction of sp³-hybridized carbons (Fsp3) is 0.533. The molecule has 0 saturated carbocycles. The van der Waals surface area contributed by atoms with Gasteiger partial charge in [-0.15, -0.1) is 0 Å². The van der Waals surface area contributed by atoms with E-state index < -0.39 is 11.9 Å². The summed E-state index contributed by atoms with van der Waals surface area (Å²) in [6.07, 6.45) is 0.875. The lowest BCUT2D eigenvalue weighted by Gasteiger charge is -2.15. The molecule has 0 radical (unpaired) electrons. The van der Waals surface area contributed by atoms with E-state index in [9.17, 15) is 14.4 Å². The first kappa shape index (κ1) is 16.5. The molecule has 1 saturated heterocycles. The number of likely N-dealkylation sites (tertiary alicyclic amines) is 1. The Hall–Kier alpha value is -1.89. The molecule has 0 bridgehead atoms. The molecule has 1 aliphatic heterocycles. The highest BCUT2D eigenvalue weighted by Gasteiger charge is 2.36. The zero-order valence-electron chi connectivity index (χ0n) is 12.4. The fourth-order valence-corrected chi connectivity index (χ4v) is 3.22. The van der Waals surface area contributed by atoms with Crippen LogP contribution in [0.5, 0.6) is 0 Å². The Balaban J connectivity index is 1.68. The molecular formula is C15H20N2O4S. The predicted molar refractivity (Wildman–Crippen MR) is 82.8 cm³/mol. The number of carboxylic acids is 1. The molecule has 2 amide bonds. The van der Waals surface area contributed by atoms with Crippen LogP contribution < -0.4 is 5.32 Å². The molecule has 22 heavy (non-hydrogen) atoms. The van der Waals surface area contributed by atoms with Crippen molar-refractivity contribution in [3.63, 3.8) is 0 Å². The summed E-state index contributed by atoms with van der Waals surface area (Å²) in [6.45, 7) is 3.08. The molecule has 1 aromatic heterocycles. The molecular weight excluding hydrogens is 304 g/mol. The number of nitrogens with zero attached hydrogens (tertiary/aromatic N) is 1. The van der Waals surface area contributed by atoms with Crippen LogP contribution in [0.4, 0.5) is 0 Å². The minimum atomic E-state index is -0.842. The minimum Gasteiger partial charge on any atom is -0.481 e. The number of hydrogen-bond acceptors (Lipinski definition) is 4. The highest BCUT2D eigenvalue weighted by molar-refractivity contribution is 7.08. The molecule has 6 nitrogen and oxygen atoms in total. The van der Waals surface area contributed by atoms with Gasteiger partial charge in [-0.1, -0.05) is 6.92 Å². The van der Waals surface area contributed by atoms with Gasteiger partial charge in [-0.05, 0) is 23.8 Å². The summed E-state index contributed by atoms with van der Waals surface area (Å²) in [5.74, 6) is -1.50. The smallest absolute Gasteiger partial charge is 0.308 e. The minimum absolute atomic E-state index is 0.0141. The molecule has 0 aromatic carbocycles. The molecule has 2 N–H and O–H groups in total. The number of aliphatic carboxylic acids is 1. The standard InChI is InChI=1S/C15H20N2O4S/c1-10-7-17(8-12(10)15(20)21)13(18)3-2-5-16-14(19)11-4-6-22-9-11/h4,6,9-10,12H,2-3,5,7-8H2,1H3,(H,16,19)(H,20,21)/t10-,12-/m1/s1. The van der Waals surface area contributed by atoms with Crippen LogP contribution in [0.2, 0.25) is 0 Å². The van der Waals surface area contributed by atoms with Gasteiger partial charge in [0.2, 0.25) is 5.91 Å². The Labute approximate surface area is 133 Å². The number of carboxylic acid groups (broad SMARTS) is 1. The van der Waals surface area contributed by atoms with Gasteiger partial charge >= 0.3 is 5.97 Å². The van der Waals surface area contributed by atoms with Gasteiger partial charge in [0.25, 0.3) is 5.91 Å². The molecule has 0 aliphatic carbocycles. The second-order valence-electron chi connectivity index (χ2n) is 5.59. The van der Waals surface area contributed by atoms with Crippen molar-refractivity contribution in [3.8, 4) is 0 Å². The molecule has 7 heteroatoms. The summed E-state index contributed by atoms with van der Waals surface area (Å²) in [5.41, 5.74) is 0.633. The number of amides is 2. The molecule has 0 spiro atoms. The van der Waals surface area contributed by atoms with Gasteiger partial charge in [0.15, 0.2) is 0 Å². The lowest BCUT2D eigenvalue weighted by atomic mass is 9.99. The van der Waals surface area contributed by atoms with E-state index in [0.29, 0.717) is 31.5 Å². The average Bonchev–Trinajstić information content (AvgIpc) is 3.12. The summed E-state index contributed by atoms with van der Waals surface area (Å²) < 4.78 is 0. The summed E-state index contributed by atoms with van der Waals surface area (Å²) in [4.78, 5) is 36.4. The quantitative estimate of drug-likeness (QED) is 0.775. The maximum atomic E-state index is 12.1. The maximum absolute atomic E-state index is 12.1. The van der Waals surface area contributed by atoms with Crippen LogP contribution in [0.1, 0.15) is 30.1 Å². The number of nitrogens with one attached hydrogen (secondary N) is 1. The molecule has 2 heterocycles. The van der Waals surface area contributed by atoms with Crippen molar-refractivity contribution < 1.29 is 19.5 Å². The maximum Gasteiger partial charge on any atom is 0.308 e. The summed E-state index contributed by atoms with van der Waals surface area (Å²) in [7, 11) is 0. The second kappa shape index (κ2) is 7.40. The normalized spacial score (nSPS) is 20.9. The van der Waals surface area contributed by atoms with Gasteiger partial charge in [0.05, 0.1) is 5.92 Å². The Morgan fingerprint density at radius 1 is 1.41 bits per heavy atom. The van der Waals surface area contributed by atoms with Gasteiger partial charge in [-0.25, -0.2) is 0 Å². The number of rotatable bonds is 6. The number of thiophene rings is 1. The van der Waals surface area contributed by atoms with Crippen LogP contribution in [0, 0.1) is 11.8 Å². The van der Waals surface area contributed by atoms with Crippen LogP contribution >= 0.6 is 11.3 Å². The van der Waals surface area contributed by atoms with E-state index in [1.807, 2.05) is 12.3 Å². The van der Waals surface area contributed by atoms with Crippen molar-refractivity contribution in [2.24, 2.45) is 11.8 Å². The number of carbonyl (C=O) groups excluding carboxylic acids is 2. The predicted octanol–water partition coefficient (Wildman–Crippen LogP) is 1.44. The molecule has 2 atom stereocenters. The van der Waals surface area contributed by atoms with Crippen molar-refractivity contribution in [3.05, 3.63) is 22.4 Å². The molecule has 0 unspecified atom stereocenters. The molecule has 1 aromatic rings. The van der Waals surface area contributed by atoms with Gasteiger partial charge in [-0.2, -0.15) is 11.3 Å². The summed E-state index contributed by atoms with van der Waals surface area (Å²) >= 11 is 1.46. The monoisotopic (exact) mass is 324 g/mol. The molecule has 1 fully saturated rings. The van der Waals surface area contributed by atoms with Crippen molar-refractivity contribution in [2.75, 3.05) is 19.6 Å². The molecule has 2 rings (SSSR count). The third-order valence-electron chi connectivity index (χ3n) is 3.92. The largest absolute Gasteiger partial charge is 0.481 e. The Morgan fingerprint density at radius 3 is 2.77 bits per heavy atom. The van der Waals surface area contributed by atoms with Crippen LogP contribution in [0.15, 0.2) is 16.8 Å². The number of carbonyl (C=O) groups is 3. The van der Waals surface area contributed by atoms with Gasteiger partial charge in [-0.3, -0.25) is 14.4 Å². The van der Waals surface area contributed by atoms with Crippen LogP contribution in [0.3, 0.4) is 0 Å². The first-order valence-electron chi connectivity index (χ1n) is 7.30. The van der Waals surface area contributed by atoms with Crippen molar-refractivity contribution >= 4 is 29.1 Å². The molecule has 1 aliphatic rings. The van der Waals surface area contributed by atoms with E-state index in [1.165, 1.54) is 11.3 Å². The highest BCUT2D eigenvalue weighted by atomic mass is 32.1. The van der Waals surface area contributed by atoms with Gasteiger partial charge in [0, 0.05) is 37.0 Å². The third kappa shape index (κ3) is 4.07. The van der Waals surface area contributed by atoms with Crippen molar-refractivity contribution in [1.82, 2.24) is 10.2 Å². The first-order valence-corrected chi connectivity index (χ1v) is 8.24. The van der Waals surface area contributed by atoms with Gasteiger partial charge in [0.1, 0.15) is 0 Å². The van der Waals surface area contributed by atoms with Gasteiger partial charge < -0.3 is 15.3 Å². The lowest BCUT2D eigenvalue weighted by molar-refractivity contribution is -0.142. The lowest BCUT2D eigenvalue weighted by Crippen LogP contribution is -2.31. The first-order chi connectivity index (χ1) is 10.5. The SMILES string of the molecule is C[C@@H]1CN(C(=O)CCCNC(=O)c2ccsc2)C[C@H]1C(=O)O. The molecule has 120 valence electrons. The average molecular weight is 324 g/mol. The summed E-state index contributed by atoms with van der Waals surface area (Å²) in [5, 5.41) is 15.4. The zero-order chi connectivity index (χ0) is 16.1. The van der Waals surface area contributed by atoms with Crippen molar-refractivity contribution in [2.45, 2.75) is 19.8 Å². The van der Waals surface area contributed by atoms with Crippen LogP contribution in [-0.4, -0.2) is 47.4 Å². The van der Waals surface area contributed by atoms with E-state index in [1.54, 1.807) is 16.3 Å². The topological polar surface area (TPSA) is 86.7 Å². The van der Waals surface area contributed by atoms with Crippen LogP contribution in [0.25, 0.3) is 0 Å². The van der Waals surface area contributed by atoms with E-state index in [2.05, 4.69) is 5.32 Å². The van der Waals surface area contributed by atoms with E-state index >= 15 is 0 Å². The van der Waals surface area contributed by atoms with Crippen molar-refractivity contribution in [1.29, 1.82) is 0 Å². The van der Waals surface area contributed by atoms with E-state index in [0.717, 1.165) is 0 Å². The Kier molecular flexibility index (Phi) is 5.54. The van der Waals surface area contributed by atoms with E-state index in [-0.39, 0.29) is 24.3 Å². The number of hydrogen-bond donors (Lipinski definition) is 2. The second-order valence-corrected chi connectivity index (χ2v) is 6.37. The highest BCUT2D eigenvalue weighted by Crippen LogP contribution is 2.23. The summed E-state index contributed by atoms with van der Waals surface area (Å²) in [6, 6.07) is 1.75. The zero-order valence-corrected chi connectivity index (χ0v) is 13.3. The third-order valence-corrected chi connectivity index (χ3v) is 4.60.